The van der Waals surface area contributed by atoms with Crippen molar-refractivity contribution in [2.75, 3.05) is 19.7 Å². The summed E-state index contributed by atoms with van der Waals surface area (Å²) >= 11 is 0. The van der Waals surface area contributed by atoms with E-state index in [9.17, 15) is 19.2 Å². The van der Waals surface area contributed by atoms with Crippen molar-refractivity contribution >= 4 is 11.9 Å². The minimum absolute atomic E-state index is 0.154. The number of aromatic amines is 1. The highest BCUT2D eigenvalue weighted by atomic mass is 16.5. The minimum Gasteiger partial charge on any atom is -0.465 e. The van der Waals surface area contributed by atoms with E-state index < -0.39 is 17.2 Å². The van der Waals surface area contributed by atoms with Crippen molar-refractivity contribution in [2.45, 2.75) is 26.8 Å². The SMILES string of the molecule is CCCN(CC(=O)OCC)C(=O)Cn1ccc(=O)[nH]c1=O. The Morgan fingerprint density at radius 2 is 2.05 bits per heavy atom. The second-order valence-electron chi connectivity index (χ2n) is 4.36. The minimum atomic E-state index is -0.663. The summed E-state index contributed by atoms with van der Waals surface area (Å²) in [5, 5.41) is 0. The lowest BCUT2D eigenvalue weighted by Crippen LogP contribution is -2.41. The zero-order valence-corrected chi connectivity index (χ0v) is 12.1. The molecule has 0 saturated heterocycles. The highest BCUT2D eigenvalue weighted by molar-refractivity contribution is 5.81. The smallest absolute Gasteiger partial charge is 0.328 e. The van der Waals surface area contributed by atoms with Gasteiger partial charge in [-0.15, -0.1) is 0 Å². The lowest BCUT2D eigenvalue weighted by molar-refractivity contribution is -0.149. The van der Waals surface area contributed by atoms with Crippen LogP contribution in [0.4, 0.5) is 0 Å². The van der Waals surface area contributed by atoms with Gasteiger partial charge in [0.1, 0.15) is 13.1 Å². The summed E-state index contributed by atoms with van der Waals surface area (Å²) in [6, 6.07) is 1.16. The van der Waals surface area contributed by atoms with E-state index in [4.69, 9.17) is 4.74 Å². The van der Waals surface area contributed by atoms with Gasteiger partial charge in [-0.05, 0) is 13.3 Å². The van der Waals surface area contributed by atoms with Gasteiger partial charge in [0.2, 0.25) is 5.91 Å². The number of carbonyl (C=O) groups is 2. The number of hydrogen-bond acceptors (Lipinski definition) is 5. The molecule has 0 bridgehead atoms. The van der Waals surface area contributed by atoms with Gasteiger partial charge in [0.15, 0.2) is 0 Å². The quantitative estimate of drug-likeness (QED) is 0.673. The molecule has 21 heavy (non-hydrogen) atoms. The fourth-order valence-corrected chi connectivity index (χ4v) is 1.74. The monoisotopic (exact) mass is 297 g/mol. The van der Waals surface area contributed by atoms with Crippen LogP contribution in [-0.4, -0.2) is 46.0 Å². The average molecular weight is 297 g/mol. The molecule has 0 aromatic carbocycles. The van der Waals surface area contributed by atoms with E-state index in [0.717, 1.165) is 10.6 Å². The Hall–Kier alpha value is -2.38. The lowest BCUT2D eigenvalue weighted by Gasteiger charge is -2.21. The number of esters is 1. The van der Waals surface area contributed by atoms with Crippen LogP contribution in [0, 0.1) is 0 Å². The van der Waals surface area contributed by atoms with E-state index in [2.05, 4.69) is 4.98 Å². The van der Waals surface area contributed by atoms with E-state index in [1.165, 1.54) is 11.1 Å². The predicted molar refractivity (Wildman–Crippen MR) is 74.8 cm³/mol. The van der Waals surface area contributed by atoms with Crippen molar-refractivity contribution in [3.63, 3.8) is 0 Å². The average Bonchev–Trinajstić information content (AvgIpc) is 2.41. The van der Waals surface area contributed by atoms with Gasteiger partial charge >= 0.3 is 11.7 Å². The summed E-state index contributed by atoms with van der Waals surface area (Å²) in [7, 11) is 0. The van der Waals surface area contributed by atoms with Crippen molar-refractivity contribution in [3.05, 3.63) is 33.1 Å². The third-order valence-corrected chi connectivity index (χ3v) is 2.67. The third-order valence-electron chi connectivity index (χ3n) is 2.67. The summed E-state index contributed by atoms with van der Waals surface area (Å²) in [5.41, 5.74) is -1.19. The summed E-state index contributed by atoms with van der Waals surface area (Å²) in [4.78, 5) is 49.5. The van der Waals surface area contributed by atoms with Crippen molar-refractivity contribution in [1.82, 2.24) is 14.5 Å². The number of ether oxygens (including phenoxy) is 1. The highest BCUT2D eigenvalue weighted by Crippen LogP contribution is 1.96. The van der Waals surface area contributed by atoms with Crippen LogP contribution in [-0.2, 0) is 20.9 Å². The highest BCUT2D eigenvalue weighted by Gasteiger charge is 2.17. The Labute approximate surface area is 121 Å². The molecule has 8 heteroatoms. The Balaban J connectivity index is 2.78. The van der Waals surface area contributed by atoms with Crippen LogP contribution in [0.1, 0.15) is 20.3 Å². The van der Waals surface area contributed by atoms with E-state index in [-0.39, 0.29) is 25.6 Å². The molecule has 0 radical (unpaired) electrons. The van der Waals surface area contributed by atoms with Crippen LogP contribution in [0.25, 0.3) is 0 Å². The molecule has 1 aromatic rings. The maximum atomic E-state index is 12.1. The molecule has 0 unspecified atom stereocenters. The van der Waals surface area contributed by atoms with Gasteiger partial charge in [-0.2, -0.15) is 0 Å². The number of nitrogens with zero attached hydrogens (tertiary/aromatic N) is 2. The van der Waals surface area contributed by atoms with Crippen LogP contribution in [0.3, 0.4) is 0 Å². The molecule has 0 aliphatic heterocycles. The summed E-state index contributed by atoms with van der Waals surface area (Å²) in [6.45, 7) is 3.79. The molecule has 0 atom stereocenters. The van der Waals surface area contributed by atoms with Crippen LogP contribution < -0.4 is 11.2 Å². The zero-order chi connectivity index (χ0) is 15.8. The number of nitrogens with one attached hydrogen (secondary N) is 1. The topological polar surface area (TPSA) is 101 Å². The van der Waals surface area contributed by atoms with Crippen LogP contribution in [0.2, 0.25) is 0 Å². The molecule has 1 rings (SSSR count). The van der Waals surface area contributed by atoms with E-state index in [1.807, 2.05) is 6.92 Å². The molecule has 116 valence electrons. The lowest BCUT2D eigenvalue weighted by atomic mass is 10.3. The van der Waals surface area contributed by atoms with E-state index in [1.54, 1.807) is 6.92 Å². The second-order valence-corrected chi connectivity index (χ2v) is 4.36. The Bertz CT molecular complexity index is 604. The van der Waals surface area contributed by atoms with Gasteiger partial charge in [0.05, 0.1) is 6.61 Å². The Kier molecular flexibility index (Phi) is 6.38. The van der Waals surface area contributed by atoms with Gasteiger partial charge in [-0.3, -0.25) is 23.9 Å². The number of hydrogen-bond donors (Lipinski definition) is 1. The van der Waals surface area contributed by atoms with E-state index in [0.29, 0.717) is 13.0 Å². The normalized spacial score (nSPS) is 10.2. The molecule has 0 fully saturated rings. The van der Waals surface area contributed by atoms with Crippen LogP contribution >= 0.6 is 0 Å². The van der Waals surface area contributed by atoms with Crippen molar-refractivity contribution < 1.29 is 14.3 Å². The van der Waals surface area contributed by atoms with Crippen molar-refractivity contribution in [3.8, 4) is 0 Å². The summed E-state index contributed by atoms with van der Waals surface area (Å²) < 4.78 is 5.89. The number of amides is 1. The predicted octanol–water partition coefficient (Wildman–Crippen LogP) is -0.662. The first kappa shape index (κ1) is 16.7. The van der Waals surface area contributed by atoms with Crippen molar-refractivity contribution in [1.29, 1.82) is 0 Å². The summed E-state index contributed by atoms with van der Waals surface area (Å²) in [6.07, 6.45) is 1.92. The first-order valence-electron chi connectivity index (χ1n) is 6.71. The zero-order valence-electron chi connectivity index (χ0n) is 12.1. The molecular formula is C13H19N3O5. The first-order chi connectivity index (χ1) is 9.97. The van der Waals surface area contributed by atoms with Gasteiger partial charge in [0.25, 0.3) is 5.56 Å². The van der Waals surface area contributed by atoms with E-state index >= 15 is 0 Å². The molecule has 0 aliphatic carbocycles. The largest absolute Gasteiger partial charge is 0.465 e. The molecule has 1 N–H and O–H groups in total. The number of H-pyrrole nitrogens is 1. The molecule has 8 nitrogen and oxygen atoms in total. The standard InChI is InChI=1S/C13H19N3O5/c1-3-6-15(9-12(19)21-4-2)11(18)8-16-7-5-10(17)14-13(16)20/h5,7H,3-4,6,8-9H2,1-2H3,(H,14,17,20). The molecule has 1 heterocycles. The fourth-order valence-electron chi connectivity index (χ4n) is 1.74. The maximum absolute atomic E-state index is 12.1. The molecule has 0 saturated carbocycles. The molecule has 1 aromatic heterocycles. The number of aromatic nitrogens is 2. The molecular weight excluding hydrogens is 278 g/mol. The van der Waals surface area contributed by atoms with Gasteiger partial charge < -0.3 is 9.64 Å². The fraction of sp³-hybridized carbons (Fsp3) is 0.538. The van der Waals surface area contributed by atoms with Gasteiger partial charge in [0, 0.05) is 18.8 Å². The van der Waals surface area contributed by atoms with Gasteiger partial charge in [-0.25, -0.2) is 4.79 Å². The number of carbonyl (C=O) groups excluding carboxylic acids is 2. The molecule has 1 amide bonds. The number of rotatable bonds is 7. The summed E-state index contributed by atoms with van der Waals surface area (Å²) in [5.74, 6) is -0.882. The Morgan fingerprint density at radius 1 is 1.33 bits per heavy atom. The second kappa shape index (κ2) is 8.03. The third kappa shape index (κ3) is 5.25. The Morgan fingerprint density at radius 3 is 2.62 bits per heavy atom. The van der Waals surface area contributed by atoms with Crippen LogP contribution in [0.15, 0.2) is 21.9 Å². The first-order valence-corrected chi connectivity index (χ1v) is 6.71. The molecule has 0 aliphatic rings. The van der Waals surface area contributed by atoms with Crippen molar-refractivity contribution in [2.24, 2.45) is 0 Å². The molecule has 0 spiro atoms. The van der Waals surface area contributed by atoms with Crippen LogP contribution in [0.5, 0.6) is 0 Å². The van der Waals surface area contributed by atoms with Gasteiger partial charge in [-0.1, -0.05) is 6.92 Å². The maximum Gasteiger partial charge on any atom is 0.328 e.